The molecule has 2 aromatic rings. The molecule has 1 aromatic carbocycles. The van der Waals surface area contributed by atoms with E-state index in [4.69, 9.17) is 10.1 Å². The molecule has 0 atom stereocenters. The highest BCUT2D eigenvalue weighted by atomic mass is 32.2. The van der Waals surface area contributed by atoms with Crippen molar-refractivity contribution in [2.45, 2.75) is 34.6 Å². The number of hydrogen-bond donors (Lipinski definition) is 1. The summed E-state index contributed by atoms with van der Waals surface area (Å²) in [5.41, 5.74) is 3.34. The van der Waals surface area contributed by atoms with Crippen molar-refractivity contribution >= 4 is 49.9 Å². The lowest BCUT2D eigenvalue weighted by molar-refractivity contribution is -0.114. The number of nitrogens with one attached hydrogen (secondary N) is 1. The quantitative estimate of drug-likeness (QED) is 0.458. The topological polar surface area (TPSA) is 117 Å². The van der Waals surface area contributed by atoms with Crippen LogP contribution in [0, 0.1) is 25.2 Å². The summed E-state index contributed by atoms with van der Waals surface area (Å²) in [5.74, 6) is -0.357. The number of amidine groups is 3. The van der Waals surface area contributed by atoms with Gasteiger partial charge in [-0.25, -0.2) is 13.3 Å². The minimum absolute atomic E-state index is 0.00189. The van der Waals surface area contributed by atoms with Crippen LogP contribution in [0.4, 0.5) is 0 Å². The lowest BCUT2D eigenvalue weighted by Gasteiger charge is -2.24. The first-order valence-corrected chi connectivity index (χ1v) is 13.6. The highest BCUT2D eigenvalue weighted by Crippen LogP contribution is 2.33. The number of rotatable bonds is 6. The maximum atomic E-state index is 12.9. The van der Waals surface area contributed by atoms with Gasteiger partial charge in [0.1, 0.15) is 11.6 Å². The molecule has 2 aliphatic rings. The number of amides is 1. The van der Waals surface area contributed by atoms with Gasteiger partial charge in [0.05, 0.1) is 35.6 Å². The Morgan fingerprint density at radius 3 is 2.63 bits per heavy atom. The van der Waals surface area contributed by atoms with Crippen molar-refractivity contribution in [1.29, 1.82) is 5.41 Å². The molecule has 4 rings (SSSR count). The Bertz CT molecular complexity index is 1420. The monoisotopic (exact) mass is 513 g/mol. The first-order valence-electron chi connectivity index (χ1n) is 11.2. The molecule has 9 nitrogen and oxygen atoms in total. The van der Waals surface area contributed by atoms with Gasteiger partial charge >= 0.3 is 0 Å². The molecule has 3 heterocycles. The standard InChI is InChI=1S/C24H27N5O4S2/c1-6-33-20-10-8-7-9-19(20)28-15(4)11-17(16(28)5)12-18-21(25)29-23(26-22(18)30)34-27-24(29)35(31,32)13-14(2)3/h7-12,14,25H,6,13H2,1-5H3/b18-12-,25-21?. The summed E-state index contributed by atoms with van der Waals surface area (Å²) in [5, 5.41) is 8.52. The number of sulfone groups is 1. The fraction of sp³-hybridized carbons (Fsp3) is 0.333. The summed E-state index contributed by atoms with van der Waals surface area (Å²) in [4.78, 5) is 18.0. The Balaban J connectivity index is 1.75. The van der Waals surface area contributed by atoms with E-state index in [0.29, 0.717) is 6.61 Å². The Morgan fingerprint density at radius 1 is 1.23 bits per heavy atom. The van der Waals surface area contributed by atoms with Crippen molar-refractivity contribution in [3.63, 3.8) is 0 Å². The number of aromatic nitrogens is 1. The maximum absolute atomic E-state index is 12.9. The molecule has 0 spiro atoms. The molecule has 0 fully saturated rings. The lowest BCUT2D eigenvalue weighted by atomic mass is 10.1. The molecule has 1 aromatic heterocycles. The number of para-hydroxylation sites is 2. The minimum Gasteiger partial charge on any atom is -0.492 e. The summed E-state index contributed by atoms with van der Waals surface area (Å²) in [6.45, 7) is 9.90. The summed E-state index contributed by atoms with van der Waals surface area (Å²) in [6, 6.07) is 9.60. The van der Waals surface area contributed by atoms with E-state index in [2.05, 4.69) is 9.39 Å². The zero-order valence-corrected chi connectivity index (χ0v) is 21.8. The number of aliphatic imine (C=N–C) groups is 1. The molecule has 0 radical (unpaired) electrons. The average Bonchev–Trinajstić information content (AvgIpc) is 3.32. The van der Waals surface area contributed by atoms with E-state index < -0.39 is 15.7 Å². The fourth-order valence-corrected chi connectivity index (χ4v) is 6.82. The van der Waals surface area contributed by atoms with Crippen molar-refractivity contribution in [2.75, 3.05) is 12.4 Å². The molecule has 0 saturated heterocycles. The molecular weight excluding hydrogens is 486 g/mol. The number of nitrogens with zero attached hydrogens (tertiary/aromatic N) is 4. The second-order valence-electron chi connectivity index (χ2n) is 8.64. The SMILES string of the molecule is CCOc1ccccc1-n1c(C)cc(/C=C2/C(=N)N3C(=NC2=O)SN=C3S(=O)(=O)CC(C)C)c1C. The number of benzene rings is 1. The van der Waals surface area contributed by atoms with E-state index in [1.54, 1.807) is 19.9 Å². The molecule has 1 amide bonds. The van der Waals surface area contributed by atoms with Crippen LogP contribution < -0.4 is 4.74 Å². The summed E-state index contributed by atoms with van der Waals surface area (Å²) in [7, 11) is -3.76. The van der Waals surface area contributed by atoms with E-state index in [0.717, 1.165) is 45.2 Å². The molecule has 0 bridgehead atoms. The van der Waals surface area contributed by atoms with Crippen molar-refractivity contribution in [2.24, 2.45) is 15.3 Å². The molecule has 184 valence electrons. The van der Waals surface area contributed by atoms with E-state index in [-0.39, 0.29) is 33.4 Å². The van der Waals surface area contributed by atoms with Gasteiger partial charge in [0.25, 0.3) is 5.91 Å². The summed E-state index contributed by atoms with van der Waals surface area (Å²) in [6.07, 6.45) is 1.59. The van der Waals surface area contributed by atoms with Crippen LogP contribution in [0.5, 0.6) is 5.75 Å². The average molecular weight is 514 g/mol. The van der Waals surface area contributed by atoms with Crippen molar-refractivity contribution in [3.8, 4) is 11.4 Å². The van der Waals surface area contributed by atoms with Crippen molar-refractivity contribution < 1.29 is 17.9 Å². The maximum Gasteiger partial charge on any atom is 0.283 e. The first-order chi connectivity index (χ1) is 16.5. The fourth-order valence-electron chi connectivity index (χ4n) is 4.09. The smallest absolute Gasteiger partial charge is 0.283 e. The van der Waals surface area contributed by atoms with E-state index in [1.807, 2.05) is 55.7 Å². The number of hydrogen-bond acceptors (Lipinski definition) is 7. The Morgan fingerprint density at radius 2 is 1.94 bits per heavy atom. The first kappa shape index (κ1) is 24.9. The second kappa shape index (κ2) is 9.46. The molecule has 11 heteroatoms. The molecule has 1 N–H and O–H groups in total. The Labute approximate surface area is 209 Å². The van der Waals surface area contributed by atoms with Gasteiger partial charge in [-0.1, -0.05) is 26.0 Å². The van der Waals surface area contributed by atoms with Gasteiger partial charge in [-0.05, 0) is 56.5 Å². The molecule has 0 aliphatic carbocycles. The molecule has 0 saturated carbocycles. The van der Waals surface area contributed by atoms with Crippen LogP contribution in [0.1, 0.15) is 37.7 Å². The van der Waals surface area contributed by atoms with Crippen LogP contribution in [0.15, 0.2) is 45.3 Å². The Kier molecular flexibility index (Phi) is 6.74. The van der Waals surface area contributed by atoms with Gasteiger partial charge in [-0.2, -0.15) is 9.39 Å². The number of carbonyl (C=O) groups is 1. The number of carbonyl (C=O) groups excluding carboxylic acids is 1. The van der Waals surface area contributed by atoms with Gasteiger partial charge in [0, 0.05) is 11.4 Å². The van der Waals surface area contributed by atoms with Gasteiger partial charge in [-0.3, -0.25) is 10.2 Å². The predicted octanol–water partition coefficient (Wildman–Crippen LogP) is 4.14. The normalized spacial score (nSPS) is 17.2. The number of fused-ring (bicyclic) bond motifs is 1. The molecule has 2 aliphatic heterocycles. The van der Waals surface area contributed by atoms with E-state index in [9.17, 15) is 13.2 Å². The van der Waals surface area contributed by atoms with Gasteiger partial charge in [0.15, 0.2) is 0 Å². The summed E-state index contributed by atoms with van der Waals surface area (Å²) < 4.78 is 37.6. The minimum atomic E-state index is -3.76. The Hall–Kier alpha value is -3.18. The van der Waals surface area contributed by atoms with E-state index >= 15 is 0 Å². The zero-order valence-electron chi connectivity index (χ0n) is 20.2. The van der Waals surface area contributed by atoms with Gasteiger partial charge < -0.3 is 9.30 Å². The highest BCUT2D eigenvalue weighted by molar-refractivity contribution is 8.16. The van der Waals surface area contributed by atoms with Crippen LogP contribution in [0.2, 0.25) is 0 Å². The van der Waals surface area contributed by atoms with Gasteiger partial charge in [0.2, 0.25) is 20.2 Å². The molecule has 35 heavy (non-hydrogen) atoms. The van der Waals surface area contributed by atoms with E-state index in [1.165, 1.54) is 0 Å². The largest absolute Gasteiger partial charge is 0.492 e. The zero-order chi connectivity index (χ0) is 25.5. The van der Waals surface area contributed by atoms with Gasteiger partial charge in [-0.15, -0.1) is 0 Å². The molecule has 0 unspecified atom stereocenters. The molecular formula is C24H27N5O4S2. The van der Waals surface area contributed by atoms with Crippen LogP contribution in [0.25, 0.3) is 11.8 Å². The van der Waals surface area contributed by atoms with Crippen molar-refractivity contribution in [3.05, 3.63) is 52.9 Å². The third kappa shape index (κ3) is 4.57. The second-order valence-corrected chi connectivity index (χ2v) is 11.3. The van der Waals surface area contributed by atoms with Crippen LogP contribution in [0.3, 0.4) is 0 Å². The van der Waals surface area contributed by atoms with Crippen molar-refractivity contribution in [1.82, 2.24) is 9.47 Å². The van der Waals surface area contributed by atoms with Crippen LogP contribution in [-0.4, -0.2) is 52.3 Å². The van der Waals surface area contributed by atoms with Crippen LogP contribution in [-0.2, 0) is 14.6 Å². The van der Waals surface area contributed by atoms with Crippen LogP contribution >= 0.6 is 11.9 Å². The number of aryl methyl sites for hydroxylation is 1. The highest BCUT2D eigenvalue weighted by Gasteiger charge is 2.42. The number of ether oxygens (including phenoxy) is 1. The predicted molar refractivity (Wildman–Crippen MR) is 140 cm³/mol. The third-order valence-electron chi connectivity index (χ3n) is 5.50. The third-order valence-corrected chi connectivity index (χ3v) is 8.25. The summed E-state index contributed by atoms with van der Waals surface area (Å²) >= 11 is 0.795. The lowest BCUT2D eigenvalue weighted by Crippen LogP contribution is -2.46.